The highest BCUT2D eigenvalue weighted by Crippen LogP contribution is 2.31. The normalized spacial score (nSPS) is 13.8. The molecule has 1 aliphatic rings. The Labute approximate surface area is 124 Å². The van der Waals surface area contributed by atoms with Crippen molar-refractivity contribution in [1.29, 1.82) is 0 Å². The zero-order valence-corrected chi connectivity index (χ0v) is 12.1. The van der Waals surface area contributed by atoms with Crippen LogP contribution in [0, 0.1) is 5.92 Å². The van der Waals surface area contributed by atoms with E-state index >= 15 is 0 Å². The van der Waals surface area contributed by atoms with Crippen molar-refractivity contribution in [2.75, 3.05) is 19.0 Å². The van der Waals surface area contributed by atoms with E-state index in [2.05, 4.69) is 5.32 Å². The second-order valence-corrected chi connectivity index (χ2v) is 5.43. The van der Waals surface area contributed by atoms with Crippen LogP contribution < -0.4 is 10.1 Å². The molecule has 2 aromatic rings. The maximum Gasteiger partial charge on any atom is 0.195 e. The number of ether oxygens (including phenoxy) is 1. The molecule has 2 aromatic carbocycles. The Bertz CT molecular complexity index is 633. The Morgan fingerprint density at radius 1 is 1.19 bits per heavy atom. The van der Waals surface area contributed by atoms with Crippen LogP contribution >= 0.6 is 0 Å². The van der Waals surface area contributed by atoms with Gasteiger partial charge in [0.05, 0.1) is 7.11 Å². The number of ketones is 1. The molecule has 1 aliphatic carbocycles. The molecule has 108 valence electrons. The molecular weight excluding hydrogens is 262 g/mol. The van der Waals surface area contributed by atoms with E-state index in [1.165, 1.54) is 12.8 Å². The van der Waals surface area contributed by atoms with E-state index in [-0.39, 0.29) is 5.78 Å². The van der Waals surface area contributed by atoms with Crippen LogP contribution in [0.3, 0.4) is 0 Å². The minimum atomic E-state index is 0.0211. The van der Waals surface area contributed by atoms with Crippen molar-refractivity contribution < 1.29 is 9.53 Å². The average Bonchev–Trinajstić information content (AvgIpc) is 3.37. The van der Waals surface area contributed by atoms with Gasteiger partial charge in [-0.2, -0.15) is 0 Å². The van der Waals surface area contributed by atoms with Crippen LogP contribution in [0.2, 0.25) is 0 Å². The zero-order chi connectivity index (χ0) is 14.7. The lowest BCUT2D eigenvalue weighted by Gasteiger charge is -2.13. The number of rotatable bonds is 6. The predicted octanol–water partition coefficient (Wildman–Crippen LogP) is 3.75. The highest BCUT2D eigenvalue weighted by atomic mass is 16.5. The van der Waals surface area contributed by atoms with Gasteiger partial charge in [-0.05, 0) is 37.0 Å². The molecule has 0 heterocycles. The molecule has 21 heavy (non-hydrogen) atoms. The molecule has 0 bridgehead atoms. The lowest BCUT2D eigenvalue weighted by molar-refractivity contribution is 0.103. The third-order valence-corrected chi connectivity index (χ3v) is 3.79. The van der Waals surface area contributed by atoms with Gasteiger partial charge >= 0.3 is 0 Å². The van der Waals surface area contributed by atoms with Gasteiger partial charge in [0, 0.05) is 23.4 Å². The fourth-order valence-corrected chi connectivity index (χ4v) is 2.31. The van der Waals surface area contributed by atoms with Gasteiger partial charge in [0.25, 0.3) is 0 Å². The van der Waals surface area contributed by atoms with Crippen molar-refractivity contribution in [1.82, 2.24) is 0 Å². The number of carbonyl (C=O) groups excluding carboxylic acids is 1. The van der Waals surface area contributed by atoms with E-state index in [1.54, 1.807) is 7.11 Å². The molecule has 1 fully saturated rings. The molecular formula is C18H19NO2. The second kappa shape index (κ2) is 6.00. The molecule has 0 aromatic heterocycles. The minimum absolute atomic E-state index is 0.0211. The number of hydrogen-bond acceptors (Lipinski definition) is 3. The van der Waals surface area contributed by atoms with Crippen molar-refractivity contribution in [2.24, 2.45) is 5.92 Å². The van der Waals surface area contributed by atoms with Crippen molar-refractivity contribution in [2.45, 2.75) is 12.8 Å². The van der Waals surface area contributed by atoms with E-state index in [1.807, 2.05) is 48.5 Å². The summed E-state index contributed by atoms with van der Waals surface area (Å²) >= 11 is 0. The molecule has 0 saturated heterocycles. The highest BCUT2D eigenvalue weighted by Gasteiger charge is 2.22. The van der Waals surface area contributed by atoms with Gasteiger partial charge < -0.3 is 10.1 Å². The maximum absolute atomic E-state index is 12.7. The molecule has 0 unspecified atom stereocenters. The summed E-state index contributed by atoms with van der Waals surface area (Å²) < 4.78 is 5.25. The maximum atomic E-state index is 12.7. The number of carbonyl (C=O) groups is 1. The van der Waals surface area contributed by atoms with Gasteiger partial charge in [0.2, 0.25) is 0 Å². The summed E-state index contributed by atoms with van der Waals surface area (Å²) in [5.41, 5.74) is 2.25. The van der Waals surface area contributed by atoms with E-state index in [0.29, 0.717) is 16.9 Å². The Kier molecular flexibility index (Phi) is 3.91. The van der Waals surface area contributed by atoms with Gasteiger partial charge in [-0.15, -0.1) is 0 Å². The summed E-state index contributed by atoms with van der Waals surface area (Å²) in [7, 11) is 1.61. The third-order valence-electron chi connectivity index (χ3n) is 3.79. The Hall–Kier alpha value is -2.29. The summed E-state index contributed by atoms with van der Waals surface area (Å²) in [6.07, 6.45) is 2.57. The van der Waals surface area contributed by atoms with E-state index < -0.39 is 0 Å². The monoisotopic (exact) mass is 281 g/mol. The topological polar surface area (TPSA) is 38.3 Å². The molecule has 0 aliphatic heterocycles. The SMILES string of the molecule is COc1ccc(NCC2CC2)c(C(=O)c2ccccc2)c1. The lowest BCUT2D eigenvalue weighted by atomic mass is 10.0. The molecule has 0 amide bonds. The average molecular weight is 281 g/mol. The van der Waals surface area contributed by atoms with Crippen molar-refractivity contribution in [3.8, 4) is 5.75 Å². The first-order valence-electron chi connectivity index (χ1n) is 7.29. The minimum Gasteiger partial charge on any atom is -0.497 e. The smallest absolute Gasteiger partial charge is 0.195 e. The first kappa shape index (κ1) is 13.7. The summed E-state index contributed by atoms with van der Waals surface area (Å²) in [4.78, 5) is 12.7. The predicted molar refractivity (Wildman–Crippen MR) is 84.1 cm³/mol. The van der Waals surface area contributed by atoms with Crippen LogP contribution in [0.15, 0.2) is 48.5 Å². The number of anilines is 1. The first-order chi connectivity index (χ1) is 10.3. The van der Waals surface area contributed by atoms with Crippen LogP contribution in [0.4, 0.5) is 5.69 Å². The quantitative estimate of drug-likeness (QED) is 0.820. The Balaban J connectivity index is 1.91. The molecule has 0 spiro atoms. The first-order valence-corrected chi connectivity index (χ1v) is 7.29. The molecule has 1 saturated carbocycles. The standard InChI is InChI=1S/C18H19NO2/c1-21-15-9-10-17(19-12-13-7-8-13)16(11-15)18(20)14-5-3-2-4-6-14/h2-6,9-11,13,19H,7-8,12H2,1H3. The van der Waals surface area contributed by atoms with Gasteiger partial charge in [0.15, 0.2) is 5.78 Å². The largest absolute Gasteiger partial charge is 0.497 e. The summed E-state index contributed by atoms with van der Waals surface area (Å²) in [6.45, 7) is 0.932. The fraction of sp³-hybridized carbons (Fsp3) is 0.278. The van der Waals surface area contributed by atoms with Gasteiger partial charge in [-0.1, -0.05) is 30.3 Å². The van der Waals surface area contributed by atoms with Gasteiger partial charge in [-0.25, -0.2) is 0 Å². The van der Waals surface area contributed by atoms with Crippen LogP contribution in [0.25, 0.3) is 0 Å². The molecule has 0 atom stereocenters. The highest BCUT2D eigenvalue weighted by molar-refractivity contribution is 6.12. The van der Waals surface area contributed by atoms with Gasteiger partial charge in [0.1, 0.15) is 5.75 Å². The summed E-state index contributed by atoms with van der Waals surface area (Å²) in [6, 6.07) is 15.0. The third kappa shape index (κ3) is 3.24. The number of hydrogen-bond donors (Lipinski definition) is 1. The molecule has 3 rings (SSSR count). The van der Waals surface area contributed by atoms with Crippen molar-refractivity contribution >= 4 is 11.5 Å². The van der Waals surface area contributed by atoms with E-state index in [0.717, 1.165) is 18.2 Å². The van der Waals surface area contributed by atoms with Crippen LogP contribution in [0.1, 0.15) is 28.8 Å². The molecule has 1 N–H and O–H groups in total. The summed E-state index contributed by atoms with van der Waals surface area (Å²) in [5.74, 6) is 1.48. The molecule has 0 radical (unpaired) electrons. The van der Waals surface area contributed by atoms with Crippen LogP contribution in [-0.4, -0.2) is 19.4 Å². The van der Waals surface area contributed by atoms with Crippen LogP contribution in [-0.2, 0) is 0 Å². The van der Waals surface area contributed by atoms with E-state index in [4.69, 9.17) is 4.74 Å². The molecule has 3 nitrogen and oxygen atoms in total. The van der Waals surface area contributed by atoms with Crippen molar-refractivity contribution in [3.05, 3.63) is 59.7 Å². The second-order valence-electron chi connectivity index (χ2n) is 5.43. The molecule has 3 heteroatoms. The Morgan fingerprint density at radius 2 is 1.95 bits per heavy atom. The van der Waals surface area contributed by atoms with Crippen LogP contribution in [0.5, 0.6) is 5.75 Å². The van der Waals surface area contributed by atoms with Crippen molar-refractivity contribution in [3.63, 3.8) is 0 Å². The fourth-order valence-electron chi connectivity index (χ4n) is 2.31. The Morgan fingerprint density at radius 3 is 2.62 bits per heavy atom. The number of nitrogens with one attached hydrogen (secondary N) is 1. The zero-order valence-electron chi connectivity index (χ0n) is 12.1. The number of methoxy groups -OCH3 is 1. The lowest BCUT2D eigenvalue weighted by Crippen LogP contribution is -2.10. The number of benzene rings is 2. The summed E-state index contributed by atoms with van der Waals surface area (Å²) in [5, 5.41) is 3.40. The van der Waals surface area contributed by atoms with E-state index in [9.17, 15) is 4.79 Å². The van der Waals surface area contributed by atoms with Gasteiger partial charge in [-0.3, -0.25) is 4.79 Å².